The highest BCUT2D eigenvalue weighted by Gasteiger charge is 2.62. The smallest absolute Gasteiger partial charge is 0.312 e. The number of nitriles is 1. The van der Waals surface area contributed by atoms with Crippen molar-refractivity contribution in [3.8, 4) is 6.07 Å². The minimum atomic E-state index is -0.920. The van der Waals surface area contributed by atoms with Crippen LogP contribution in [0.15, 0.2) is 0 Å². The summed E-state index contributed by atoms with van der Waals surface area (Å²) in [6.07, 6.45) is 0. The van der Waals surface area contributed by atoms with Crippen LogP contribution in [0.2, 0.25) is 0 Å². The molecule has 0 amide bonds. The third-order valence-electron chi connectivity index (χ3n) is 3.50. The number of carbonyl (C=O) groups excluding carboxylic acids is 1. The molecule has 0 N–H and O–H groups in total. The molecule has 0 saturated carbocycles. The van der Waals surface area contributed by atoms with Gasteiger partial charge in [-0.05, 0) is 27.7 Å². The number of ether oxygens (including phenoxy) is 1. The quantitative estimate of drug-likeness (QED) is 0.627. The van der Waals surface area contributed by atoms with E-state index in [1.54, 1.807) is 27.7 Å². The van der Waals surface area contributed by atoms with E-state index >= 15 is 0 Å². The van der Waals surface area contributed by atoms with Gasteiger partial charge in [0.15, 0.2) is 0 Å². The Bertz CT molecular complexity index is 344. The molecule has 1 aliphatic heterocycles. The van der Waals surface area contributed by atoms with Crippen LogP contribution >= 0.6 is 0 Å². The number of rotatable bonds is 1. The van der Waals surface area contributed by atoms with Crippen LogP contribution in [0.5, 0.6) is 0 Å². The molecule has 1 fully saturated rings. The fourth-order valence-corrected chi connectivity index (χ4v) is 2.60. The largest absolute Gasteiger partial charge is 0.469 e. The lowest BCUT2D eigenvalue weighted by molar-refractivity contribution is -0.250. The van der Waals surface area contributed by atoms with Crippen LogP contribution < -0.4 is 0 Å². The Morgan fingerprint density at radius 2 is 1.81 bits per heavy atom. The van der Waals surface area contributed by atoms with E-state index in [1.165, 1.54) is 7.11 Å². The van der Waals surface area contributed by atoms with Gasteiger partial charge in [-0.25, -0.2) is 0 Å². The highest BCUT2D eigenvalue weighted by Crippen LogP contribution is 2.48. The van der Waals surface area contributed by atoms with Crippen LogP contribution in [0.3, 0.4) is 0 Å². The predicted molar refractivity (Wildman–Crippen MR) is 55.3 cm³/mol. The average Bonchev–Trinajstić information content (AvgIpc) is 2.34. The molecule has 0 aromatic heterocycles. The maximum Gasteiger partial charge on any atom is 0.312 e. The van der Waals surface area contributed by atoms with Crippen molar-refractivity contribution in [3.05, 3.63) is 0 Å². The molecule has 0 aromatic carbocycles. The Balaban J connectivity index is 3.26. The molecule has 0 spiro atoms. The van der Waals surface area contributed by atoms with Crippen molar-refractivity contribution in [2.45, 2.75) is 38.8 Å². The Hall–Kier alpha value is -1.12. The number of hydrogen-bond acceptors (Lipinski definition) is 4. The minimum absolute atomic E-state index is 0.497. The molecule has 1 aliphatic rings. The monoisotopic (exact) mass is 225 g/mol. The van der Waals surface area contributed by atoms with E-state index in [9.17, 15) is 10.0 Å². The summed E-state index contributed by atoms with van der Waals surface area (Å²) in [4.78, 5) is 11.7. The van der Waals surface area contributed by atoms with Crippen LogP contribution in [0.25, 0.3) is 0 Å². The van der Waals surface area contributed by atoms with Gasteiger partial charge in [-0.1, -0.05) is 0 Å². The van der Waals surface area contributed by atoms with E-state index in [2.05, 4.69) is 10.8 Å². The number of nitrogens with zero attached hydrogens (tertiary/aromatic N) is 2. The standard InChI is InChI=1S/C11H17N2O3/c1-10(2)7(6-12)8(9(14)16-5)11(3,4)13(10)15/h7-8H,1-5H3/t7-,8-/m1/s1. The van der Waals surface area contributed by atoms with Crippen LogP contribution in [0.1, 0.15) is 27.7 Å². The van der Waals surface area contributed by atoms with E-state index in [0.717, 1.165) is 5.06 Å². The summed E-state index contributed by atoms with van der Waals surface area (Å²) in [5.41, 5.74) is -1.80. The molecule has 0 unspecified atom stereocenters. The molecule has 16 heavy (non-hydrogen) atoms. The molecule has 1 radical (unpaired) electrons. The maximum absolute atomic E-state index is 12.1. The number of carbonyl (C=O) groups is 1. The molecule has 5 heteroatoms. The molecular weight excluding hydrogens is 208 g/mol. The highest BCUT2D eigenvalue weighted by atomic mass is 16.5. The zero-order valence-corrected chi connectivity index (χ0v) is 10.3. The number of esters is 1. The van der Waals surface area contributed by atoms with E-state index < -0.39 is 28.9 Å². The summed E-state index contributed by atoms with van der Waals surface area (Å²) < 4.78 is 4.69. The zero-order chi connectivity index (χ0) is 12.7. The van der Waals surface area contributed by atoms with Crippen LogP contribution in [-0.4, -0.2) is 29.2 Å². The van der Waals surface area contributed by atoms with E-state index in [4.69, 9.17) is 5.26 Å². The fourth-order valence-electron chi connectivity index (χ4n) is 2.60. The lowest BCUT2D eigenvalue weighted by atomic mass is 9.78. The Kier molecular flexibility index (Phi) is 3.01. The SMILES string of the molecule is COC(=O)[C@H]1[C@@H](C#N)C(C)(C)N([O])C1(C)C. The van der Waals surface area contributed by atoms with Gasteiger partial charge in [0.25, 0.3) is 0 Å². The first-order valence-corrected chi connectivity index (χ1v) is 5.16. The maximum atomic E-state index is 12.1. The molecular formula is C11H17N2O3. The highest BCUT2D eigenvalue weighted by molar-refractivity contribution is 5.75. The molecule has 1 heterocycles. The summed E-state index contributed by atoms with van der Waals surface area (Å²) in [6.45, 7) is 6.69. The van der Waals surface area contributed by atoms with Crippen molar-refractivity contribution in [2.24, 2.45) is 11.8 Å². The lowest BCUT2D eigenvalue weighted by Crippen LogP contribution is -2.47. The predicted octanol–water partition coefficient (Wildman–Crippen LogP) is 1.13. The van der Waals surface area contributed by atoms with Gasteiger partial charge < -0.3 is 4.74 Å². The molecule has 1 rings (SSSR count). The van der Waals surface area contributed by atoms with E-state index in [-0.39, 0.29) is 0 Å². The molecule has 89 valence electrons. The first-order chi connectivity index (χ1) is 7.21. The summed E-state index contributed by atoms with van der Waals surface area (Å²) in [7, 11) is 1.27. The van der Waals surface area contributed by atoms with Gasteiger partial charge in [0, 0.05) is 0 Å². The Morgan fingerprint density at radius 3 is 2.19 bits per heavy atom. The minimum Gasteiger partial charge on any atom is -0.469 e. The van der Waals surface area contributed by atoms with Crippen molar-refractivity contribution >= 4 is 5.97 Å². The topological polar surface area (TPSA) is 73.2 Å². The third-order valence-corrected chi connectivity index (χ3v) is 3.50. The Morgan fingerprint density at radius 1 is 1.31 bits per heavy atom. The summed E-state index contributed by atoms with van der Waals surface area (Å²) in [5, 5.41) is 22.1. The molecule has 0 aliphatic carbocycles. The molecule has 0 bridgehead atoms. The van der Waals surface area contributed by atoms with Gasteiger partial charge in [0.2, 0.25) is 0 Å². The Labute approximate surface area is 95.6 Å². The van der Waals surface area contributed by atoms with Gasteiger partial charge in [-0.3, -0.25) is 4.79 Å². The normalized spacial score (nSPS) is 32.1. The van der Waals surface area contributed by atoms with Gasteiger partial charge >= 0.3 is 5.97 Å². The molecule has 2 atom stereocenters. The van der Waals surface area contributed by atoms with Gasteiger partial charge in [-0.2, -0.15) is 5.26 Å². The number of methoxy groups -OCH3 is 1. The van der Waals surface area contributed by atoms with Crippen molar-refractivity contribution in [2.75, 3.05) is 7.11 Å². The summed E-state index contributed by atoms with van der Waals surface area (Å²) in [6, 6.07) is 2.06. The van der Waals surface area contributed by atoms with Crippen molar-refractivity contribution in [3.63, 3.8) is 0 Å². The molecule has 5 nitrogen and oxygen atoms in total. The van der Waals surface area contributed by atoms with Crippen molar-refractivity contribution in [1.29, 1.82) is 5.26 Å². The second kappa shape index (κ2) is 3.72. The zero-order valence-electron chi connectivity index (χ0n) is 10.3. The second-order valence-corrected chi connectivity index (χ2v) is 5.21. The second-order valence-electron chi connectivity index (χ2n) is 5.21. The van der Waals surface area contributed by atoms with Gasteiger partial charge in [0.05, 0.1) is 36.1 Å². The lowest BCUT2D eigenvalue weighted by Gasteiger charge is -2.32. The first-order valence-electron chi connectivity index (χ1n) is 5.16. The molecule has 1 saturated heterocycles. The van der Waals surface area contributed by atoms with E-state index in [0.29, 0.717) is 0 Å². The average molecular weight is 225 g/mol. The summed E-state index contributed by atoms with van der Waals surface area (Å²) >= 11 is 0. The number of hydroxylamine groups is 2. The van der Waals surface area contributed by atoms with Crippen LogP contribution in [0, 0.1) is 23.2 Å². The van der Waals surface area contributed by atoms with Crippen LogP contribution in [-0.2, 0) is 14.7 Å². The van der Waals surface area contributed by atoms with Crippen molar-refractivity contribution in [1.82, 2.24) is 5.06 Å². The van der Waals surface area contributed by atoms with Crippen LogP contribution in [0.4, 0.5) is 0 Å². The van der Waals surface area contributed by atoms with Gasteiger partial charge in [0.1, 0.15) is 0 Å². The number of hydrogen-bond donors (Lipinski definition) is 0. The molecule has 0 aromatic rings. The fraction of sp³-hybridized carbons (Fsp3) is 0.818. The van der Waals surface area contributed by atoms with Crippen molar-refractivity contribution < 1.29 is 14.7 Å². The van der Waals surface area contributed by atoms with E-state index in [1.807, 2.05) is 0 Å². The first kappa shape index (κ1) is 12.9. The summed E-state index contributed by atoms with van der Waals surface area (Å²) in [5.74, 6) is -1.87. The third kappa shape index (κ3) is 1.49. The van der Waals surface area contributed by atoms with Gasteiger partial charge in [-0.15, -0.1) is 10.3 Å².